The highest BCUT2D eigenvalue weighted by molar-refractivity contribution is 6.27. The van der Waals surface area contributed by atoms with Crippen molar-refractivity contribution < 1.29 is 8.83 Å². The predicted octanol–water partition coefficient (Wildman–Crippen LogP) is 15.7. The second-order valence-corrected chi connectivity index (χ2v) is 18.0. The molecule has 0 amide bonds. The van der Waals surface area contributed by atoms with Crippen molar-refractivity contribution in [2.45, 2.75) is 24.9 Å². The van der Waals surface area contributed by atoms with Crippen LogP contribution in [0.4, 0.5) is 0 Å². The number of amidine groups is 2. The Bertz CT molecular complexity index is 4030. The molecule has 67 heavy (non-hydrogen) atoms. The van der Waals surface area contributed by atoms with Gasteiger partial charge < -0.3 is 14.2 Å². The fraction of sp³-hybridized carbons (Fsp3) is 0.0645. The minimum absolute atomic E-state index is 0.0897. The summed E-state index contributed by atoms with van der Waals surface area (Å²) in [4.78, 5) is 11.1. The lowest BCUT2D eigenvalue weighted by atomic mass is 9.84. The molecule has 1 aliphatic carbocycles. The molecule has 2 aromatic heterocycles. The summed E-state index contributed by atoms with van der Waals surface area (Å²) in [7, 11) is 0. The third kappa shape index (κ3) is 6.23. The Morgan fingerprint density at radius 3 is 1.87 bits per heavy atom. The molecule has 2 atom stereocenters. The Morgan fingerprint density at radius 1 is 0.403 bits per heavy atom. The predicted molar refractivity (Wildman–Crippen MR) is 275 cm³/mol. The van der Waals surface area contributed by atoms with Crippen molar-refractivity contribution in [1.29, 1.82) is 0 Å². The van der Waals surface area contributed by atoms with Crippen molar-refractivity contribution in [3.8, 4) is 22.3 Å². The molecule has 0 radical (unpaired) electrons. The summed E-state index contributed by atoms with van der Waals surface area (Å²) in [5, 5.41) is 12.8. The van der Waals surface area contributed by atoms with E-state index in [1.165, 1.54) is 44.2 Å². The van der Waals surface area contributed by atoms with Gasteiger partial charge in [-0.3, -0.25) is 0 Å². The van der Waals surface area contributed by atoms with Crippen LogP contribution in [-0.2, 0) is 6.42 Å². The molecule has 0 saturated carbocycles. The van der Waals surface area contributed by atoms with Crippen molar-refractivity contribution in [2.75, 3.05) is 0 Å². The molecule has 0 bridgehead atoms. The lowest BCUT2D eigenvalue weighted by Crippen LogP contribution is -2.36. The van der Waals surface area contributed by atoms with Crippen LogP contribution in [0.5, 0.6) is 0 Å². The summed E-state index contributed by atoms with van der Waals surface area (Å²) in [6, 6.07) is 73.8. The number of nitrogens with one attached hydrogen (secondary N) is 1. The van der Waals surface area contributed by atoms with Gasteiger partial charge in [-0.05, 0) is 121 Å². The lowest BCUT2D eigenvalue weighted by molar-refractivity contribution is 0.665. The lowest BCUT2D eigenvalue weighted by Gasteiger charge is -2.25. The number of aliphatic imine (C=N–C) groups is 2. The van der Waals surface area contributed by atoms with E-state index >= 15 is 0 Å². The molecular weight excluding hydrogens is 819 g/mol. The third-order valence-electron chi connectivity index (χ3n) is 14.1. The van der Waals surface area contributed by atoms with Crippen LogP contribution in [0.3, 0.4) is 0 Å². The van der Waals surface area contributed by atoms with Gasteiger partial charge in [0.1, 0.15) is 34.0 Å². The fourth-order valence-corrected chi connectivity index (χ4v) is 10.9. The van der Waals surface area contributed by atoms with Gasteiger partial charge in [0.25, 0.3) is 0 Å². The average molecular weight is 860 g/mol. The summed E-state index contributed by atoms with van der Waals surface area (Å²) >= 11 is 0. The topological polar surface area (TPSA) is 63.0 Å². The van der Waals surface area contributed by atoms with Crippen molar-refractivity contribution in [3.05, 3.63) is 240 Å². The zero-order valence-electron chi connectivity index (χ0n) is 36.4. The van der Waals surface area contributed by atoms with Gasteiger partial charge in [-0.2, -0.15) is 0 Å². The first-order valence-corrected chi connectivity index (χ1v) is 23.2. The molecule has 2 unspecified atom stereocenters. The summed E-state index contributed by atoms with van der Waals surface area (Å²) in [6.07, 6.45) is 1.35. The Kier molecular flexibility index (Phi) is 8.47. The number of nitrogens with zero attached hydrogens (tertiary/aromatic N) is 2. The van der Waals surface area contributed by atoms with Crippen LogP contribution in [0.25, 0.3) is 87.7 Å². The van der Waals surface area contributed by atoms with Gasteiger partial charge in [0.2, 0.25) is 0 Å². The smallest absolute Gasteiger partial charge is 0.169 e. The molecule has 2 aliphatic rings. The van der Waals surface area contributed by atoms with E-state index in [-0.39, 0.29) is 5.92 Å². The molecule has 1 N–H and O–H groups in total. The number of hydrogen-bond acceptors (Lipinski definition) is 5. The fourth-order valence-electron chi connectivity index (χ4n) is 10.9. The van der Waals surface area contributed by atoms with E-state index in [1.54, 1.807) is 0 Å². The summed E-state index contributed by atoms with van der Waals surface area (Å²) in [5.41, 5.74) is 15.1. The van der Waals surface area contributed by atoms with Gasteiger partial charge in [0, 0.05) is 38.6 Å². The normalized spacial score (nSPS) is 15.9. The van der Waals surface area contributed by atoms with Crippen molar-refractivity contribution in [1.82, 2.24) is 5.32 Å². The highest BCUT2D eigenvalue weighted by Crippen LogP contribution is 2.45. The monoisotopic (exact) mass is 859 g/mol. The SMILES string of the molecule is c1ccc(-c2ccc(C3N=C(c4cccc5oc6ccccc6c45)NC(c4cc(C5CCc6cc7ccccc7cc6-c6ccccc65)cc5oc6cc7ccccc7cc6c45)=N3)cc2)cc1. The second-order valence-electron chi connectivity index (χ2n) is 18.0. The number of fused-ring (bicyclic) bond motifs is 11. The van der Waals surface area contributed by atoms with E-state index in [1.807, 2.05) is 18.2 Å². The molecule has 5 heteroatoms. The molecule has 0 spiro atoms. The van der Waals surface area contributed by atoms with Crippen molar-refractivity contribution >= 4 is 77.1 Å². The van der Waals surface area contributed by atoms with E-state index in [4.69, 9.17) is 18.8 Å². The van der Waals surface area contributed by atoms with Crippen LogP contribution < -0.4 is 5.32 Å². The van der Waals surface area contributed by atoms with E-state index in [9.17, 15) is 0 Å². The Labute approximate surface area is 386 Å². The minimum atomic E-state index is -0.538. The van der Waals surface area contributed by atoms with Gasteiger partial charge in [-0.15, -0.1) is 0 Å². The maximum atomic E-state index is 7.01. The van der Waals surface area contributed by atoms with Crippen LogP contribution >= 0.6 is 0 Å². The minimum Gasteiger partial charge on any atom is -0.456 e. The molecule has 10 aromatic carbocycles. The van der Waals surface area contributed by atoms with Crippen LogP contribution in [0, 0.1) is 0 Å². The van der Waals surface area contributed by atoms with Crippen LogP contribution in [0.1, 0.15) is 51.9 Å². The number of hydrogen-bond donors (Lipinski definition) is 1. The standard InChI is InChI=1S/C62H41N3O2/c1-2-13-37(14-3-1)38-25-27-39(28-26-38)60-63-61(50-22-12-24-55-58(50)49-21-10-11-23-54(49)66-55)65-62(64-60)53-34-45(36-57-59(53)52-33-42-17-6-7-18-43(42)35-56(52)67-57)46-30-29-44-31-40-15-4-5-16-41(40)32-51(44)48-20-9-8-19-47(46)48/h1-28,31-36,46,60H,29-30H2,(H,63,64,65). The number of benzene rings is 10. The molecule has 0 fully saturated rings. The Morgan fingerprint density at radius 2 is 1.03 bits per heavy atom. The first kappa shape index (κ1) is 37.8. The zero-order valence-corrected chi connectivity index (χ0v) is 36.4. The number of furan rings is 2. The first-order chi connectivity index (χ1) is 33.2. The molecule has 1 aliphatic heterocycles. The largest absolute Gasteiger partial charge is 0.456 e. The molecule has 5 nitrogen and oxygen atoms in total. The highest BCUT2D eigenvalue weighted by atomic mass is 16.3. The maximum absolute atomic E-state index is 7.01. The number of aryl methyl sites for hydroxylation is 1. The highest BCUT2D eigenvalue weighted by Gasteiger charge is 2.30. The van der Waals surface area contributed by atoms with E-state index in [2.05, 4.69) is 193 Å². The van der Waals surface area contributed by atoms with E-state index in [0.29, 0.717) is 0 Å². The van der Waals surface area contributed by atoms with Gasteiger partial charge in [-0.1, -0.05) is 164 Å². The molecule has 12 aromatic rings. The van der Waals surface area contributed by atoms with Gasteiger partial charge in [0.05, 0.1) is 0 Å². The number of rotatable bonds is 5. The molecule has 14 rings (SSSR count). The Hall–Kier alpha value is -8.54. The summed E-state index contributed by atoms with van der Waals surface area (Å²) in [6.45, 7) is 0. The molecule has 0 saturated heterocycles. The maximum Gasteiger partial charge on any atom is 0.169 e. The molecular formula is C62H41N3O2. The molecule has 316 valence electrons. The van der Waals surface area contributed by atoms with Crippen LogP contribution in [0.15, 0.2) is 225 Å². The third-order valence-corrected chi connectivity index (χ3v) is 14.1. The zero-order chi connectivity index (χ0) is 44.0. The van der Waals surface area contributed by atoms with Crippen molar-refractivity contribution in [2.24, 2.45) is 9.98 Å². The Balaban J connectivity index is 0.993. The quantitative estimate of drug-likeness (QED) is 0.187. The van der Waals surface area contributed by atoms with E-state index < -0.39 is 6.17 Å². The van der Waals surface area contributed by atoms with E-state index in [0.717, 1.165) is 101 Å². The van der Waals surface area contributed by atoms with Gasteiger partial charge >= 0.3 is 0 Å². The first-order valence-electron chi connectivity index (χ1n) is 23.2. The summed E-state index contributed by atoms with van der Waals surface area (Å²) < 4.78 is 13.4. The summed E-state index contributed by atoms with van der Waals surface area (Å²) in [5.74, 6) is 1.57. The van der Waals surface area contributed by atoms with Gasteiger partial charge in [-0.25, -0.2) is 9.98 Å². The number of para-hydroxylation sites is 1. The average Bonchev–Trinajstić information content (AvgIpc) is 3.90. The van der Waals surface area contributed by atoms with Crippen LogP contribution in [0.2, 0.25) is 0 Å². The second kappa shape index (κ2) is 15.0. The molecule has 3 heterocycles. The van der Waals surface area contributed by atoms with Crippen LogP contribution in [-0.4, -0.2) is 11.7 Å². The van der Waals surface area contributed by atoms with Gasteiger partial charge in [0.15, 0.2) is 6.17 Å². The van der Waals surface area contributed by atoms with Crippen molar-refractivity contribution in [3.63, 3.8) is 0 Å².